The van der Waals surface area contributed by atoms with Gasteiger partial charge in [0.05, 0.1) is 17.2 Å². The SMILES string of the molecule is CO[C@@H]1C[C@H](c2nnc(C)o2)N(C(=O)c2cc(C3CC3)nc3ccccc23)C1. The topological polar surface area (TPSA) is 81.4 Å². The maximum Gasteiger partial charge on any atom is 0.255 e. The van der Waals surface area contributed by atoms with E-state index in [4.69, 9.17) is 14.1 Å². The Morgan fingerprint density at radius 1 is 1.25 bits per heavy atom. The highest BCUT2D eigenvalue weighted by atomic mass is 16.5. The van der Waals surface area contributed by atoms with Gasteiger partial charge >= 0.3 is 0 Å². The van der Waals surface area contributed by atoms with Crippen LogP contribution in [0.15, 0.2) is 34.7 Å². The van der Waals surface area contributed by atoms with E-state index in [1.165, 1.54) is 0 Å². The maximum atomic E-state index is 13.7. The van der Waals surface area contributed by atoms with Gasteiger partial charge in [0, 0.05) is 44.0 Å². The Balaban J connectivity index is 1.57. The third-order valence-corrected chi connectivity index (χ3v) is 5.65. The van der Waals surface area contributed by atoms with Gasteiger partial charge in [-0.1, -0.05) is 18.2 Å². The van der Waals surface area contributed by atoms with Crippen molar-refractivity contribution in [3.63, 3.8) is 0 Å². The summed E-state index contributed by atoms with van der Waals surface area (Å²) in [6.45, 7) is 2.25. The number of fused-ring (bicyclic) bond motifs is 1. The molecule has 2 fully saturated rings. The summed E-state index contributed by atoms with van der Waals surface area (Å²) in [4.78, 5) is 20.2. The third-order valence-electron chi connectivity index (χ3n) is 5.65. The van der Waals surface area contributed by atoms with Gasteiger partial charge in [-0.3, -0.25) is 9.78 Å². The molecule has 1 aromatic carbocycles. The zero-order valence-corrected chi connectivity index (χ0v) is 16.0. The first-order valence-electron chi connectivity index (χ1n) is 9.67. The van der Waals surface area contributed by atoms with E-state index in [0.717, 1.165) is 29.4 Å². The zero-order chi connectivity index (χ0) is 19.3. The molecule has 28 heavy (non-hydrogen) atoms. The smallest absolute Gasteiger partial charge is 0.255 e. The molecule has 144 valence electrons. The van der Waals surface area contributed by atoms with Crippen LogP contribution < -0.4 is 0 Å². The summed E-state index contributed by atoms with van der Waals surface area (Å²) in [5.74, 6) is 1.39. The average molecular weight is 378 g/mol. The van der Waals surface area contributed by atoms with Crippen LogP contribution in [0.3, 0.4) is 0 Å². The first-order chi connectivity index (χ1) is 13.6. The van der Waals surface area contributed by atoms with Gasteiger partial charge in [0.15, 0.2) is 0 Å². The van der Waals surface area contributed by atoms with Gasteiger partial charge in [0.25, 0.3) is 5.91 Å². The predicted octanol–water partition coefficient (Wildman–Crippen LogP) is 3.41. The summed E-state index contributed by atoms with van der Waals surface area (Å²) >= 11 is 0. The van der Waals surface area contributed by atoms with Crippen LogP contribution in [0.1, 0.15) is 59.1 Å². The average Bonchev–Trinajstić information content (AvgIpc) is 3.34. The number of rotatable bonds is 4. The summed E-state index contributed by atoms with van der Waals surface area (Å²) in [5.41, 5.74) is 2.56. The van der Waals surface area contributed by atoms with Gasteiger partial charge in [-0.2, -0.15) is 0 Å². The Morgan fingerprint density at radius 3 is 2.79 bits per heavy atom. The molecule has 1 saturated carbocycles. The second-order valence-corrected chi connectivity index (χ2v) is 7.61. The molecule has 0 spiro atoms. The molecular weight excluding hydrogens is 356 g/mol. The van der Waals surface area contributed by atoms with Crippen LogP contribution in [0.25, 0.3) is 10.9 Å². The molecule has 0 radical (unpaired) electrons. The number of aryl methyl sites for hydroxylation is 1. The van der Waals surface area contributed by atoms with Crippen LogP contribution in [-0.2, 0) is 4.74 Å². The van der Waals surface area contributed by atoms with Crippen molar-refractivity contribution in [2.75, 3.05) is 13.7 Å². The molecule has 0 bridgehead atoms. The highest BCUT2D eigenvalue weighted by molar-refractivity contribution is 6.06. The van der Waals surface area contributed by atoms with Crippen molar-refractivity contribution in [3.8, 4) is 0 Å². The fraction of sp³-hybridized carbons (Fsp3) is 0.429. The molecule has 1 aliphatic heterocycles. The number of likely N-dealkylation sites (tertiary alicyclic amines) is 1. The number of hydrogen-bond acceptors (Lipinski definition) is 6. The van der Waals surface area contributed by atoms with Gasteiger partial charge in [0.1, 0.15) is 6.04 Å². The summed E-state index contributed by atoms with van der Waals surface area (Å²) in [6.07, 6.45) is 2.86. The second-order valence-electron chi connectivity index (χ2n) is 7.61. The summed E-state index contributed by atoms with van der Waals surface area (Å²) < 4.78 is 11.2. The first-order valence-corrected chi connectivity index (χ1v) is 9.67. The Kier molecular flexibility index (Phi) is 4.12. The molecule has 2 atom stereocenters. The van der Waals surface area contributed by atoms with Crippen molar-refractivity contribution >= 4 is 16.8 Å². The molecular formula is C21H22N4O3. The van der Waals surface area contributed by atoms with Gasteiger partial charge in [-0.25, -0.2) is 0 Å². The number of nitrogens with zero attached hydrogens (tertiary/aromatic N) is 4. The first kappa shape index (κ1) is 17.3. The molecule has 1 amide bonds. The number of hydrogen-bond donors (Lipinski definition) is 0. The van der Waals surface area contributed by atoms with E-state index < -0.39 is 0 Å². The number of aromatic nitrogens is 3. The van der Waals surface area contributed by atoms with Crippen molar-refractivity contribution in [2.45, 2.75) is 44.2 Å². The summed E-state index contributed by atoms with van der Waals surface area (Å²) in [7, 11) is 1.67. The van der Waals surface area contributed by atoms with Gasteiger partial charge < -0.3 is 14.1 Å². The molecule has 2 aliphatic rings. The van der Waals surface area contributed by atoms with E-state index in [2.05, 4.69) is 10.2 Å². The zero-order valence-electron chi connectivity index (χ0n) is 16.0. The van der Waals surface area contributed by atoms with E-state index in [0.29, 0.717) is 36.2 Å². The van der Waals surface area contributed by atoms with Crippen molar-refractivity contribution in [1.29, 1.82) is 0 Å². The molecule has 5 rings (SSSR count). The van der Waals surface area contributed by atoms with E-state index in [1.807, 2.05) is 30.3 Å². The Hall–Kier alpha value is -2.80. The Bertz CT molecular complexity index is 1040. The van der Waals surface area contributed by atoms with Crippen LogP contribution in [0.5, 0.6) is 0 Å². The Morgan fingerprint density at radius 2 is 2.07 bits per heavy atom. The van der Waals surface area contributed by atoms with Crippen LogP contribution >= 0.6 is 0 Å². The number of pyridine rings is 1. The van der Waals surface area contributed by atoms with E-state index >= 15 is 0 Å². The fourth-order valence-electron chi connectivity index (χ4n) is 3.99. The minimum Gasteiger partial charge on any atom is -0.423 e. The molecule has 7 heteroatoms. The van der Waals surface area contributed by atoms with Crippen molar-refractivity contribution < 1.29 is 13.9 Å². The third kappa shape index (κ3) is 2.96. The lowest BCUT2D eigenvalue weighted by Crippen LogP contribution is -2.32. The largest absolute Gasteiger partial charge is 0.423 e. The monoisotopic (exact) mass is 378 g/mol. The number of benzene rings is 1. The molecule has 3 heterocycles. The number of methoxy groups -OCH3 is 1. The summed E-state index contributed by atoms with van der Waals surface area (Å²) in [5, 5.41) is 8.97. The molecule has 0 N–H and O–H groups in total. The van der Waals surface area contributed by atoms with Crippen LogP contribution in [0, 0.1) is 6.92 Å². The van der Waals surface area contributed by atoms with Crippen LogP contribution in [0.4, 0.5) is 0 Å². The summed E-state index contributed by atoms with van der Waals surface area (Å²) in [6, 6.07) is 9.52. The molecule has 1 aliphatic carbocycles. The second kappa shape index (κ2) is 6.67. The minimum atomic E-state index is -0.282. The molecule has 2 aromatic heterocycles. The molecule has 3 aromatic rings. The van der Waals surface area contributed by atoms with E-state index in [-0.39, 0.29) is 18.1 Å². The van der Waals surface area contributed by atoms with Crippen molar-refractivity contribution in [3.05, 3.63) is 53.4 Å². The van der Waals surface area contributed by atoms with Crippen LogP contribution in [-0.4, -0.2) is 45.7 Å². The minimum absolute atomic E-state index is 0.0408. The lowest BCUT2D eigenvalue weighted by Gasteiger charge is -2.23. The highest BCUT2D eigenvalue weighted by Crippen LogP contribution is 2.41. The molecule has 1 saturated heterocycles. The van der Waals surface area contributed by atoms with E-state index in [9.17, 15) is 4.79 Å². The Labute approximate surface area is 162 Å². The number of carbonyl (C=O) groups excluding carboxylic acids is 1. The number of para-hydroxylation sites is 1. The fourth-order valence-corrected chi connectivity index (χ4v) is 3.99. The van der Waals surface area contributed by atoms with Gasteiger partial charge in [-0.05, 0) is 25.0 Å². The standard InChI is InChI=1S/C21H22N4O3/c1-12-23-24-20(28-12)19-9-14(27-2)11-25(19)21(26)16-10-18(13-7-8-13)22-17-6-4-3-5-15(16)17/h3-6,10,13-14,19H,7-9,11H2,1-2H3/t14-,19-/m1/s1. The lowest BCUT2D eigenvalue weighted by atomic mass is 10.0. The van der Waals surface area contributed by atoms with Crippen molar-refractivity contribution in [2.24, 2.45) is 0 Å². The maximum absolute atomic E-state index is 13.7. The van der Waals surface area contributed by atoms with Gasteiger partial charge in [-0.15, -0.1) is 10.2 Å². The number of amides is 1. The number of ether oxygens (including phenoxy) is 1. The predicted molar refractivity (Wildman–Crippen MR) is 102 cm³/mol. The lowest BCUT2D eigenvalue weighted by molar-refractivity contribution is 0.0675. The molecule has 0 unspecified atom stereocenters. The van der Waals surface area contributed by atoms with Gasteiger partial charge in [0.2, 0.25) is 11.8 Å². The quantitative estimate of drug-likeness (QED) is 0.692. The highest BCUT2D eigenvalue weighted by Gasteiger charge is 2.40. The van der Waals surface area contributed by atoms with Crippen molar-refractivity contribution in [1.82, 2.24) is 20.1 Å². The normalized spacial score (nSPS) is 22.1. The van der Waals surface area contributed by atoms with E-state index in [1.54, 1.807) is 18.9 Å². The van der Waals surface area contributed by atoms with Crippen LogP contribution in [0.2, 0.25) is 0 Å². The number of carbonyl (C=O) groups is 1. The molecule has 7 nitrogen and oxygen atoms in total.